The van der Waals surface area contributed by atoms with Crippen LogP contribution in [-0.2, 0) is 6.54 Å². The summed E-state index contributed by atoms with van der Waals surface area (Å²) in [6, 6.07) is 11.0. The monoisotopic (exact) mass is 307 g/mol. The van der Waals surface area contributed by atoms with Crippen molar-refractivity contribution in [3.8, 4) is 11.5 Å². The SMILES string of the molecule is Cc1cccc(Oc2ccc(CNC(C)C)cc2Cl)c1F. The van der Waals surface area contributed by atoms with E-state index in [9.17, 15) is 4.39 Å². The number of ether oxygens (including phenoxy) is 1. The predicted molar refractivity (Wildman–Crippen MR) is 84.6 cm³/mol. The Morgan fingerprint density at radius 2 is 1.95 bits per heavy atom. The average Bonchev–Trinajstić information content (AvgIpc) is 2.44. The fourth-order valence-electron chi connectivity index (χ4n) is 1.88. The lowest BCUT2D eigenvalue weighted by Gasteiger charge is -2.12. The summed E-state index contributed by atoms with van der Waals surface area (Å²) in [5.41, 5.74) is 1.60. The Hall–Kier alpha value is -1.58. The molecular formula is C17H19ClFNO. The van der Waals surface area contributed by atoms with E-state index in [-0.39, 0.29) is 11.6 Å². The summed E-state index contributed by atoms with van der Waals surface area (Å²) in [7, 11) is 0. The molecule has 0 aliphatic rings. The van der Waals surface area contributed by atoms with Gasteiger partial charge in [0.2, 0.25) is 0 Å². The topological polar surface area (TPSA) is 21.3 Å². The zero-order valence-corrected chi connectivity index (χ0v) is 13.2. The molecule has 0 saturated carbocycles. The standard InChI is InChI=1S/C17H19ClFNO/c1-11(2)20-10-13-7-8-15(14(18)9-13)21-16-6-4-5-12(3)17(16)19/h4-9,11,20H,10H2,1-3H3. The van der Waals surface area contributed by atoms with Gasteiger partial charge in [0.25, 0.3) is 0 Å². The third-order valence-corrected chi connectivity index (χ3v) is 3.38. The van der Waals surface area contributed by atoms with Gasteiger partial charge < -0.3 is 10.1 Å². The summed E-state index contributed by atoms with van der Waals surface area (Å²) in [4.78, 5) is 0. The summed E-state index contributed by atoms with van der Waals surface area (Å²) < 4.78 is 19.5. The van der Waals surface area contributed by atoms with Crippen LogP contribution in [-0.4, -0.2) is 6.04 Å². The minimum absolute atomic E-state index is 0.185. The highest BCUT2D eigenvalue weighted by Gasteiger charge is 2.10. The van der Waals surface area contributed by atoms with Gasteiger partial charge in [-0.15, -0.1) is 0 Å². The molecule has 2 rings (SSSR count). The van der Waals surface area contributed by atoms with E-state index in [1.165, 1.54) is 0 Å². The smallest absolute Gasteiger partial charge is 0.168 e. The highest BCUT2D eigenvalue weighted by atomic mass is 35.5. The third-order valence-electron chi connectivity index (χ3n) is 3.09. The van der Waals surface area contributed by atoms with Crippen molar-refractivity contribution in [1.29, 1.82) is 0 Å². The Morgan fingerprint density at radius 3 is 2.62 bits per heavy atom. The van der Waals surface area contributed by atoms with Crippen molar-refractivity contribution in [2.45, 2.75) is 33.4 Å². The quantitative estimate of drug-likeness (QED) is 0.832. The second-order valence-corrected chi connectivity index (χ2v) is 5.70. The van der Waals surface area contributed by atoms with Gasteiger partial charge in [-0.05, 0) is 36.2 Å². The van der Waals surface area contributed by atoms with Gasteiger partial charge in [0.15, 0.2) is 11.6 Å². The van der Waals surface area contributed by atoms with Crippen LogP contribution in [0.4, 0.5) is 4.39 Å². The Morgan fingerprint density at radius 1 is 1.19 bits per heavy atom. The van der Waals surface area contributed by atoms with Crippen LogP contribution in [0, 0.1) is 12.7 Å². The summed E-state index contributed by atoms with van der Waals surface area (Å²) >= 11 is 6.21. The van der Waals surface area contributed by atoms with Crippen molar-refractivity contribution in [3.63, 3.8) is 0 Å². The molecule has 0 spiro atoms. The van der Waals surface area contributed by atoms with E-state index in [0.29, 0.717) is 22.4 Å². The fraction of sp³-hybridized carbons (Fsp3) is 0.294. The maximum atomic E-state index is 13.9. The van der Waals surface area contributed by atoms with Gasteiger partial charge >= 0.3 is 0 Å². The van der Waals surface area contributed by atoms with Crippen LogP contribution in [0.3, 0.4) is 0 Å². The van der Waals surface area contributed by atoms with Crippen molar-refractivity contribution in [1.82, 2.24) is 5.32 Å². The highest BCUT2D eigenvalue weighted by Crippen LogP contribution is 2.32. The Kier molecular flexibility index (Phi) is 5.21. The lowest BCUT2D eigenvalue weighted by molar-refractivity contribution is 0.440. The van der Waals surface area contributed by atoms with Crippen LogP contribution in [0.5, 0.6) is 11.5 Å². The van der Waals surface area contributed by atoms with Crippen molar-refractivity contribution in [2.24, 2.45) is 0 Å². The molecule has 0 bridgehead atoms. The Labute approximate surface area is 129 Å². The van der Waals surface area contributed by atoms with E-state index in [4.69, 9.17) is 16.3 Å². The average molecular weight is 308 g/mol. The molecule has 0 saturated heterocycles. The molecule has 21 heavy (non-hydrogen) atoms. The van der Waals surface area contributed by atoms with E-state index >= 15 is 0 Å². The summed E-state index contributed by atoms with van der Waals surface area (Å²) in [6.07, 6.45) is 0. The normalized spacial score (nSPS) is 11.0. The van der Waals surface area contributed by atoms with Gasteiger partial charge in [-0.1, -0.05) is 43.6 Å². The molecule has 0 heterocycles. The van der Waals surface area contributed by atoms with Gasteiger partial charge in [-0.25, -0.2) is 4.39 Å². The molecule has 0 amide bonds. The molecule has 0 aromatic heterocycles. The predicted octanol–water partition coefficient (Wildman–Crippen LogP) is 5.08. The fourth-order valence-corrected chi connectivity index (χ4v) is 2.12. The number of aryl methyl sites for hydroxylation is 1. The first-order valence-electron chi connectivity index (χ1n) is 6.92. The van der Waals surface area contributed by atoms with Crippen LogP contribution >= 0.6 is 11.6 Å². The van der Waals surface area contributed by atoms with Crippen LogP contribution in [0.1, 0.15) is 25.0 Å². The van der Waals surface area contributed by atoms with Crippen molar-refractivity contribution in [2.75, 3.05) is 0 Å². The zero-order chi connectivity index (χ0) is 15.4. The van der Waals surface area contributed by atoms with Crippen molar-refractivity contribution < 1.29 is 9.13 Å². The molecule has 0 atom stereocenters. The molecule has 1 N–H and O–H groups in total. The zero-order valence-electron chi connectivity index (χ0n) is 12.4. The molecule has 4 heteroatoms. The van der Waals surface area contributed by atoms with Crippen LogP contribution < -0.4 is 10.1 Å². The van der Waals surface area contributed by atoms with Gasteiger partial charge in [0.1, 0.15) is 5.75 Å². The summed E-state index contributed by atoms with van der Waals surface area (Å²) in [6.45, 7) is 6.60. The number of hydrogen-bond acceptors (Lipinski definition) is 2. The van der Waals surface area contributed by atoms with Crippen molar-refractivity contribution >= 4 is 11.6 Å². The van der Waals surface area contributed by atoms with E-state index < -0.39 is 0 Å². The molecule has 0 radical (unpaired) electrons. The van der Waals surface area contributed by atoms with E-state index in [1.807, 2.05) is 12.1 Å². The summed E-state index contributed by atoms with van der Waals surface area (Å²) in [5, 5.41) is 3.79. The first kappa shape index (κ1) is 15.8. The third kappa shape index (κ3) is 4.19. The molecule has 112 valence electrons. The lowest BCUT2D eigenvalue weighted by atomic mass is 10.2. The van der Waals surface area contributed by atoms with Crippen LogP contribution in [0.2, 0.25) is 5.02 Å². The van der Waals surface area contributed by atoms with Gasteiger partial charge in [0.05, 0.1) is 5.02 Å². The second kappa shape index (κ2) is 6.92. The minimum atomic E-state index is -0.362. The maximum Gasteiger partial charge on any atom is 0.168 e. The largest absolute Gasteiger partial charge is 0.453 e. The maximum absolute atomic E-state index is 13.9. The molecule has 2 aromatic rings. The van der Waals surface area contributed by atoms with E-state index in [0.717, 1.165) is 12.1 Å². The van der Waals surface area contributed by atoms with Crippen LogP contribution in [0.15, 0.2) is 36.4 Å². The highest BCUT2D eigenvalue weighted by molar-refractivity contribution is 6.32. The molecule has 0 fully saturated rings. The Balaban J connectivity index is 2.16. The first-order valence-corrected chi connectivity index (χ1v) is 7.30. The number of rotatable bonds is 5. The molecular weight excluding hydrogens is 289 g/mol. The van der Waals surface area contributed by atoms with Gasteiger partial charge in [-0.3, -0.25) is 0 Å². The van der Waals surface area contributed by atoms with Gasteiger partial charge in [0, 0.05) is 12.6 Å². The van der Waals surface area contributed by atoms with Crippen LogP contribution in [0.25, 0.3) is 0 Å². The Bertz CT molecular complexity index is 628. The second-order valence-electron chi connectivity index (χ2n) is 5.29. The number of benzene rings is 2. The number of halogens is 2. The van der Waals surface area contributed by atoms with E-state index in [2.05, 4.69) is 19.2 Å². The summed E-state index contributed by atoms with van der Waals surface area (Å²) in [5.74, 6) is 0.276. The molecule has 2 aromatic carbocycles. The lowest BCUT2D eigenvalue weighted by Crippen LogP contribution is -2.21. The minimum Gasteiger partial charge on any atom is -0.453 e. The molecule has 0 aliphatic heterocycles. The number of hydrogen-bond donors (Lipinski definition) is 1. The van der Waals surface area contributed by atoms with Gasteiger partial charge in [-0.2, -0.15) is 0 Å². The molecule has 0 unspecified atom stereocenters. The number of nitrogens with one attached hydrogen (secondary N) is 1. The molecule has 2 nitrogen and oxygen atoms in total. The van der Waals surface area contributed by atoms with Crippen molar-refractivity contribution in [3.05, 3.63) is 58.4 Å². The first-order chi connectivity index (χ1) is 9.97. The molecule has 0 aliphatic carbocycles. The van der Waals surface area contributed by atoms with E-state index in [1.54, 1.807) is 31.2 Å².